The fourth-order valence-corrected chi connectivity index (χ4v) is 1.26. The van der Waals surface area contributed by atoms with Crippen LogP contribution in [0.5, 0.6) is 11.5 Å². The molecule has 1 aromatic rings. The normalized spacial score (nSPS) is 9.50. The van der Waals surface area contributed by atoms with Crippen molar-refractivity contribution in [2.24, 2.45) is 0 Å². The fraction of sp³-hybridized carbons (Fsp3) is 0.273. The number of nitrogens with zero attached hydrogens (tertiary/aromatic N) is 1. The number of rotatable bonds is 5. The van der Waals surface area contributed by atoms with Crippen LogP contribution in [0.1, 0.15) is 0 Å². The van der Waals surface area contributed by atoms with E-state index in [0.29, 0.717) is 0 Å². The van der Waals surface area contributed by atoms with E-state index in [4.69, 9.17) is 9.47 Å². The van der Waals surface area contributed by atoms with Gasteiger partial charge in [-0.25, -0.2) is 4.79 Å². The molecule has 0 aliphatic rings. The molecule has 0 heterocycles. The van der Waals surface area contributed by atoms with E-state index in [9.17, 15) is 19.7 Å². The lowest BCUT2D eigenvalue weighted by molar-refractivity contribution is -0.385. The molecule has 0 atom stereocenters. The molecule has 0 saturated carbocycles. The molecule has 0 aromatic heterocycles. The molecule has 0 aliphatic heterocycles. The summed E-state index contributed by atoms with van der Waals surface area (Å²) in [7, 11) is 2.71. The second-order valence-corrected chi connectivity index (χ2v) is 3.51. The third-order valence-corrected chi connectivity index (χ3v) is 2.20. The van der Waals surface area contributed by atoms with Gasteiger partial charge in [0.25, 0.3) is 11.6 Å². The van der Waals surface area contributed by atoms with E-state index in [-0.39, 0.29) is 17.2 Å². The molecule has 1 rings (SSSR count). The van der Waals surface area contributed by atoms with Gasteiger partial charge in [-0.2, -0.15) is 0 Å². The summed E-state index contributed by atoms with van der Waals surface area (Å²) in [6, 6.07) is 3.05. The first kappa shape index (κ1) is 15.2. The zero-order valence-electron chi connectivity index (χ0n) is 10.8. The van der Waals surface area contributed by atoms with Gasteiger partial charge in [-0.15, -0.1) is 0 Å². The molecule has 0 bridgehead atoms. The Balaban J connectivity index is 2.75. The van der Waals surface area contributed by atoms with Gasteiger partial charge in [0.2, 0.25) is 0 Å². The number of urea groups is 1. The third-order valence-electron chi connectivity index (χ3n) is 2.20. The van der Waals surface area contributed by atoms with Gasteiger partial charge >= 0.3 is 6.03 Å². The van der Waals surface area contributed by atoms with Gasteiger partial charge in [0.1, 0.15) is 0 Å². The standard InChI is InChI=1S/C11H13N3O6/c1-12-11(16)13-10(15)6-20-9-5-7(14(17)18)3-4-8(9)19-2/h3-5H,6H2,1-2H3,(H2,12,13,15,16). The van der Waals surface area contributed by atoms with E-state index in [2.05, 4.69) is 5.32 Å². The largest absolute Gasteiger partial charge is 0.493 e. The zero-order chi connectivity index (χ0) is 15.1. The van der Waals surface area contributed by atoms with E-state index in [1.54, 1.807) is 0 Å². The number of nitrogens with one attached hydrogen (secondary N) is 2. The molecule has 0 spiro atoms. The Kier molecular flexibility index (Phi) is 5.27. The van der Waals surface area contributed by atoms with E-state index < -0.39 is 23.5 Å². The van der Waals surface area contributed by atoms with Gasteiger partial charge in [0.05, 0.1) is 18.1 Å². The lowest BCUT2D eigenvalue weighted by atomic mass is 10.3. The summed E-state index contributed by atoms with van der Waals surface area (Å²) in [6.07, 6.45) is 0. The number of methoxy groups -OCH3 is 1. The van der Waals surface area contributed by atoms with Crippen molar-refractivity contribution in [2.75, 3.05) is 20.8 Å². The van der Waals surface area contributed by atoms with Crippen molar-refractivity contribution in [2.45, 2.75) is 0 Å². The number of nitro groups is 1. The van der Waals surface area contributed by atoms with Gasteiger partial charge in [0.15, 0.2) is 18.1 Å². The number of amides is 3. The molecule has 1 aromatic carbocycles. The highest BCUT2D eigenvalue weighted by Gasteiger charge is 2.14. The number of imide groups is 1. The highest BCUT2D eigenvalue weighted by Crippen LogP contribution is 2.30. The minimum atomic E-state index is -0.696. The topological polar surface area (TPSA) is 120 Å². The third kappa shape index (κ3) is 4.12. The molecule has 0 unspecified atom stereocenters. The second kappa shape index (κ2) is 6.92. The number of non-ortho nitro benzene ring substituents is 1. The van der Waals surface area contributed by atoms with Gasteiger partial charge in [-0.3, -0.25) is 20.2 Å². The van der Waals surface area contributed by atoms with E-state index in [1.807, 2.05) is 5.32 Å². The summed E-state index contributed by atoms with van der Waals surface area (Å²) in [5.41, 5.74) is -0.201. The zero-order valence-corrected chi connectivity index (χ0v) is 10.8. The van der Waals surface area contributed by atoms with Gasteiger partial charge < -0.3 is 14.8 Å². The maximum absolute atomic E-state index is 11.3. The number of hydrogen-bond acceptors (Lipinski definition) is 6. The highest BCUT2D eigenvalue weighted by atomic mass is 16.6. The van der Waals surface area contributed by atoms with Crippen molar-refractivity contribution in [1.82, 2.24) is 10.6 Å². The number of hydrogen-bond donors (Lipinski definition) is 2. The van der Waals surface area contributed by atoms with Crippen LogP contribution in [0, 0.1) is 10.1 Å². The van der Waals surface area contributed by atoms with E-state index in [1.165, 1.54) is 26.3 Å². The smallest absolute Gasteiger partial charge is 0.321 e. The van der Waals surface area contributed by atoms with Crippen LogP contribution in [-0.4, -0.2) is 37.6 Å². The number of carbonyl (C=O) groups is 2. The minimum absolute atomic E-state index is 0.0359. The monoisotopic (exact) mass is 283 g/mol. The van der Waals surface area contributed by atoms with Crippen molar-refractivity contribution >= 4 is 17.6 Å². The molecule has 0 aliphatic carbocycles. The first-order valence-electron chi connectivity index (χ1n) is 5.44. The predicted molar refractivity (Wildman–Crippen MR) is 67.7 cm³/mol. The molecule has 9 heteroatoms. The quantitative estimate of drug-likeness (QED) is 0.597. The SMILES string of the molecule is CNC(=O)NC(=O)COc1cc([N+](=O)[O-])ccc1OC. The summed E-state index contributed by atoms with van der Waals surface area (Å²) < 4.78 is 10.1. The summed E-state index contributed by atoms with van der Waals surface area (Å²) in [5, 5.41) is 14.8. The van der Waals surface area contributed by atoms with E-state index in [0.717, 1.165) is 6.07 Å². The maximum Gasteiger partial charge on any atom is 0.321 e. The number of carbonyl (C=O) groups excluding carboxylic acids is 2. The molecule has 0 saturated heterocycles. The molecule has 3 amide bonds. The highest BCUT2D eigenvalue weighted by molar-refractivity contribution is 5.94. The Morgan fingerprint density at radius 1 is 1.35 bits per heavy atom. The van der Waals surface area contributed by atoms with E-state index >= 15 is 0 Å². The molecular formula is C11H13N3O6. The van der Waals surface area contributed by atoms with Crippen molar-refractivity contribution < 1.29 is 24.0 Å². The molecule has 0 radical (unpaired) electrons. The van der Waals surface area contributed by atoms with Crippen LogP contribution in [-0.2, 0) is 4.79 Å². The van der Waals surface area contributed by atoms with Crippen LogP contribution < -0.4 is 20.1 Å². The lowest BCUT2D eigenvalue weighted by Crippen LogP contribution is -2.39. The summed E-state index contributed by atoms with van der Waals surface area (Å²) in [6.45, 7) is -0.481. The average Bonchev–Trinajstić information content (AvgIpc) is 2.44. The predicted octanol–water partition coefficient (Wildman–Crippen LogP) is 0.438. The van der Waals surface area contributed by atoms with Crippen molar-refractivity contribution in [3.05, 3.63) is 28.3 Å². The fourth-order valence-electron chi connectivity index (χ4n) is 1.26. The Morgan fingerprint density at radius 2 is 2.05 bits per heavy atom. The Morgan fingerprint density at radius 3 is 2.60 bits per heavy atom. The first-order valence-corrected chi connectivity index (χ1v) is 5.44. The molecular weight excluding hydrogens is 270 g/mol. The number of ether oxygens (including phenoxy) is 2. The van der Waals surface area contributed by atoms with Crippen molar-refractivity contribution in [3.8, 4) is 11.5 Å². The van der Waals surface area contributed by atoms with Gasteiger partial charge in [-0.05, 0) is 6.07 Å². The van der Waals surface area contributed by atoms with Crippen LogP contribution in [0.2, 0.25) is 0 Å². The molecule has 9 nitrogen and oxygen atoms in total. The first-order chi connectivity index (χ1) is 9.47. The lowest BCUT2D eigenvalue weighted by Gasteiger charge is -2.10. The number of benzene rings is 1. The van der Waals surface area contributed by atoms with Gasteiger partial charge in [0, 0.05) is 13.1 Å². The average molecular weight is 283 g/mol. The molecule has 20 heavy (non-hydrogen) atoms. The van der Waals surface area contributed by atoms with Crippen LogP contribution in [0.3, 0.4) is 0 Å². The Bertz CT molecular complexity index is 531. The molecule has 108 valence electrons. The van der Waals surface area contributed by atoms with Crippen LogP contribution >= 0.6 is 0 Å². The van der Waals surface area contributed by atoms with Gasteiger partial charge in [-0.1, -0.05) is 0 Å². The minimum Gasteiger partial charge on any atom is -0.493 e. The van der Waals surface area contributed by atoms with Crippen molar-refractivity contribution in [3.63, 3.8) is 0 Å². The Labute approximate surface area is 114 Å². The summed E-state index contributed by atoms with van der Waals surface area (Å²) in [5.74, 6) is -0.421. The molecule has 2 N–H and O–H groups in total. The summed E-state index contributed by atoms with van der Waals surface area (Å²) >= 11 is 0. The maximum atomic E-state index is 11.3. The van der Waals surface area contributed by atoms with Crippen LogP contribution in [0.25, 0.3) is 0 Å². The second-order valence-electron chi connectivity index (χ2n) is 3.51. The Hall–Kier alpha value is -2.84. The van der Waals surface area contributed by atoms with Crippen LogP contribution in [0.15, 0.2) is 18.2 Å². The van der Waals surface area contributed by atoms with Crippen molar-refractivity contribution in [1.29, 1.82) is 0 Å². The molecule has 0 fully saturated rings. The summed E-state index contributed by atoms with van der Waals surface area (Å²) in [4.78, 5) is 32.3. The van der Waals surface area contributed by atoms with Crippen LogP contribution in [0.4, 0.5) is 10.5 Å². The number of nitro benzene ring substituents is 1.